The molecule has 20 heavy (non-hydrogen) atoms. The maximum atomic E-state index is 12.4. The molecular weight excluding hydrogens is 272 g/mol. The molecule has 0 fully saturated rings. The van der Waals surface area contributed by atoms with Crippen LogP contribution in [0.15, 0.2) is 54.6 Å². The topological polar surface area (TPSA) is 52.0 Å². The largest absolute Gasteiger partial charge is 0.240 e. The van der Waals surface area contributed by atoms with Crippen LogP contribution >= 0.6 is 0 Å². The highest BCUT2D eigenvalue weighted by atomic mass is 32.2. The fourth-order valence-electron chi connectivity index (χ4n) is 2.18. The van der Waals surface area contributed by atoms with Gasteiger partial charge in [0, 0.05) is 5.56 Å². The average Bonchev–Trinajstić information content (AvgIpc) is 2.88. The second kappa shape index (κ2) is 4.76. The number of benzene rings is 2. The minimum Gasteiger partial charge on any atom is -0.227 e. The lowest BCUT2D eigenvalue weighted by Gasteiger charge is -2.08. The fraction of sp³-hybridized carbons (Fsp3) is 0.133. The second-order valence-corrected chi connectivity index (χ2v) is 6.56. The van der Waals surface area contributed by atoms with Crippen molar-refractivity contribution in [2.24, 2.45) is 0 Å². The van der Waals surface area contributed by atoms with Crippen LogP contribution in [0.5, 0.6) is 0 Å². The minimum atomic E-state index is -3.41. The van der Waals surface area contributed by atoms with Crippen molar-refractivity contribution in [1.29, 1.82) is 0 Å². The predicted molar refractivity (Wildman–Crippen MR) is 80.0 cm³/mol. The van der Waals surface area contributed by atoms with E-state index >= 15 is 0 Å². The van der Waals surface area contributed by atoms with Gasteiger partial charge < -0.3 is 0 Å². The van der Waals surface area contributed by atoms with Crippen LogP contribution < -0.4 is 0 Å². The summed E-state index contributed by atoms with van der Waals surface area (Å²) in [4.78, 5) is 4.48. The molecular formula is C15H14N2O2S. The normalized spacial score (nSPS) is 11.8. The average molecular weight is 286 g/mol. The second-order valence-electron chi connectivity index (χ2n) is 4.46. The van der Waals surface area contributed by atoms with Crippen LogP contribution in [-0.2, 0) is 10.0 Å². The first-order valence-corrected chi connectivity index (χ1v) is 8.00. The quantitative estimate of drug-likeness (QED) is 0.744. The predicted octanol–water partition coefficient (Wildman–Crippen LogP) is 2.90. The lowest BCUT2D eigenvalue weighted by Crippen LogP contribution is -2.15. The molecule has 0 radical (unpaired) electrons. The summed E-state index contributed by atoms with van der Waals surface area (Å²) in [6.45, 7) is 1.64. The molecule has 3 rings (SSSR count). The fourth-order valence-corrected chi connectivity index (χ4v) is 3.31. The molecule has 0 aliphatic heterocycles. The van der Waals surface area contributed by atoms with Crippen LogP contribution in [0.3, 0.4) is 0 Å². The van der Waals surface area contributed by atoms with Crippen molar-refractivity contribution in [3.05, 3.63) is 54.6 Å². The summed E-state index contributed by atoms with van der Waals surface area (Å²) in [6.07, 6.45) is 0. The van der Waals surface area contributed by atoms with Gasteiger partial charge in [0.05, 0.1) is 16.8 Å². The lowest BCUT2D eigenvalue weighted by molar-refractivity contribution is 0.590. The van der Waals surface area contributed by atoms with E-state index in [9.17, 15) is 8.42 Å². The van der Waals surface area contributed by atoms with Crippen molar-refractivity contribution in [2.75, 3.05) is 5.75 Å². The first-order chi connectivity index (χ1) is 9.63. The Balaban J connectivity index is 2.41. The Morgan fingerprint density at radius 2 is 1.65 bits per heavy atom. The molecule has 5 heteroatoms. The number of hydrogen-bond acceptors (Lipinski definition) is 3. The van der Waals surface area contributed by atoms with Crippen LogP contribution in [0.1, 0.15) is 6.92 Å². The zero-order valence-electron chi connectivity index (χ0n) is 11.0. The zero-order chi connectivity index (χ0) is 14.2. The van der Waals surface area contributed by atoms with Gasteiger partial charge in [-0.05, 0) is 19.1 Å². The Morgan fingerprint density at radius 1 is 1.00 bits per heavy atom. The highest BCUT2D eigenvalue weighted by Crippen LogP contribution is 2.26. The summed E-state index contributed by atoms with van der Waals surface area (Å²) in [5.74, 6) is 0.501. The number of aromatic nitrogens is 2. The van der Waals surface area contributed by atoms with Gasteiger partial charge in [0.1, 0.15) is 0 Å². The van der Waals surface area contributed by atoms with E-state index in [1.807, 2.05) is 48.5 Å². The van der Waals surface area contributed by atoms with E-state index in [-0.39, 0.29) is 5.75 Å². The molecule has 0 N–H and O–H groups in total. The van der Waals surface area contributed by atoms with Crippen molar-refractivity contribution in [1.82, 2.24) is 8.96 Å². The Hall–Kier alpha value is -2.14. The van der Waals surface area contributed by atoms with Crippen molar-refractivity contribution in [3.8, 4) is 11.4 Å². The first-order valence-electron chi connectivity index (χ1n) is 6.39. The molecule has 1 aromatic heterocycles. The van der Waals surface area contributed by atoms with Gasteiger partial charge in [0.2, 0.25) is 10.0 Å². The molecule has 0 saturated carbocycles. The third-order valence-electron chi connectivity index (χ3n) is 3.19. The Kier molecular flexibility index (Phi) is 3.06. The maximum absolute atomic E-state index is 12.4. The summed E-state index contributed by atoms with van der Waals surface area (Å²) in [6, 6.07) is 16.6. The van der Waals surface area contributed by atoms with E-state index in [2.05, 4.69) is 4.98 Å². The van der Waals surface area contributed by atoms with Gasteiger partial charge in [-0.2, -0.15) is 0 Å². The van der Waals surface area contributed by atoms with Crippen LogP contribution in [0.25, 0.3) is 22.4 Å². The van der Waals surface area contributed by atoms with Crippen LogP contribution in [0.2, 0.25) is 0 Å². The molecule has 0 aliphatic carbocycles. The van der Waals surface area contributed by atoms with E-state index in [1.54, 1.807) is 13.0 Å². The van der Waals surface area contributed by atoms with Gasteiger partial charge in [0.25, 0.3) is 0 Å². The number of nitrogens with zero attached hydrogens (tertiary/aromatic N) is 2. The third-order valence-corrected chi connectivity index (χ3v) is 4.85. The SMILES string of the molecule is CCS(=O)(=O)n1c(-c2ccccc2)nc2ccccc21. The molecule has 3 aromatic rings. The molecule has 0 saturated heterocycles. The van der Waals surface area contributed by atoms with Crippen LogP contribution in [0, 0.1) is 0 Å². The molecule has 102 valence electrons. The Morgan fingerprint density at radius 3 is 2.35 bits per heavy atom. The summed E-state index contributed by atoms with van der Waals surface area (Å²) in [7, 11) is -3.41. The van der Waals surface area contributed by atoms with Crippen molar-refractivity contribution in [3.63, 3.8) is 0 Å². The smallest absolute Gasteiger partial charge is 0.227 e. The van der Waals surface area contributed by atoms with Crippen molar-refractivity contribution >= 4 is 21.1 Å². The number of rotatable bonds is 3. The number of fused-ring (bicyclic) bond motifs is 1. The van der Waals surface area contributed by atoms with Gasteiger partial charge >= 0.3 is 0 Å². The minimum absolute atomic E-state index is 0.0349. The molecule has 2 aromatic carbocycles. The van der Waals surface area contributed by atoms with E-state index < -0.39 is 10.0 Å². The summed E-state index contributed by atoms with van der Waals surface area (Å²) in [5, 5.41) is 0. The standard InChI is InChI=1S/C15H14N2O2S/c1-2-20(18,19)17-14-11-7-6-10-13(14)16-15(17)12-8-4-3-5-9-12/h3-11H,2H2,1H3. The van der Waals surface area contributed by atoms with E-state index in [4.69, 9.17) is 0 Å². The van der Waals surface area contributed by atoms with Gasteiger partial charge in [-0.15, -0.1) is 0 Å². The highest BCUT2D eigenvalue weighted by Gasteiger charge is 2.21. The summed E-state index contributed by atoms with van der Waals surface area (Å²) < 4.78 is 26.1. The summed E-state index contributed by atoms with van der Waals surface area (Å²) >= 11 is 0. The highest BCUT2D eigenvalue weighted by molar-refractivity contribution is 7.90. The molecule has 0 bridgehead atoms. The molecule has 0 spiro atoms. The van der Waals surface area contributed by atoms with Gasteiger partial charge in [0.15, 0.2) is 5.82 Å². The Bertz CT molecular complexity index is 852. The lowest BCUT2D eigenvalue weighted by atomic mass is 10.2. The van der Waals surface area contributed by atoms with Crippen LogP contribution in [-0.4, -0.2) is 23.1 Å². The molecule has 4 nitrogen and oxygen atoms in total. The van der Waals surface area contributed by atoms with Crippen LogP contribution in [0.4, 0.5) is 0 Å². The van der Waals surface area contributed by atoms with Gasteiger partial charge in [-0.3, -0.25) is 0 Å². The van der Waals surface area contributed by atoms with Gasteiger partial charge in [-0.1, -0.05) is 42.5 Å². The third kappa shape index (κ3) is 2.00. The van der Waals surface area contributed by atoms with E-state index in [0.717, 1.165) is 5.56 Å². The molecule has 0 amide bonds. The van der Waals surface area contributed by atoms with E-state index in [1.165, 1.54) is 3.97 Å². The number of para-hydroxylation sites is 2. The first kappa shape index (κ1) is 12.9. The number of imidazole rings is 1. The summed E-state index contributed by atoms with van der Waals surface area (Å²) in [5.41, 5.74) is 2.09. The maximum Gasteiger partial charge on any atom is 0.240 e. The molecule has 0 aliphatic rings. The van der Waals surface area contributed by atoms with E-state index in [0.29, 0.717) is 16.9 Å². The molecule has 0 atom stereocenters. The van der Waals surface area contributed by atoms with Crippen molar-refractivity contribution < 1.29 is 8.42 Å². The van der Waals surface area contributed by atoms with Crippen molar-refractivity contribution in [2.45, 2.75) is 6.92 Å². The Labute approximate surface area is 117 Å². The van der Waals surface area contributed by atoms with Gasteiger partial charge in [-0.25, -0.2) is 17.4 Å². The molecule has 0 unspecified atom stereocenters. The number of hydrogen-bond donors (Lipinski definition) is 0. The molecule has 1 heterocycles. The monoisotopic (exact) mass is 286 g/mol. The zero-order valence-corrected chi connectivity index (χ0v) is 11.8.